The summed E-state index contributed by atoms with van der Waals surface area (Å²) in [4.78, 5) is 31.7. The number of oxazole rings is 1. The van der Waals surface area contributed by atoms with Crippen LogP contribution in [0.2, 0.25) is 5.02 Å². The molecule has 3 aromatic heterocycles. The van der Waals surface area contributed by atoms with Crippen LogP contribution in [0.4, 0.5) is 5.69 Å². The molecule has 4 rings (SSSR count). The third-order valence-electron chi connectivity index (χ3n) is 5.43. The van der Waals surface area contributed by atoms with Crippen molar-refractivity contribution < 1.29 is 18.7 Å². The molecule has 0 unspecified atom stereocenters. The number of carbonyl (C=O) groups excluding carboxylic acids is 2. The lowest BCUT2D eigenvalue weighted by molar-refractivity contribution is -0.114. The largest absolute Gasteiger partial charge is 0.461 e. The Labute approximate surface area is 200 Å². The number of aryl methyl sites for hydroxylation is 3. The first kappa shape index (κ1) is 23.1. The number of hydrogen-bond donors (Lipinski definition) is 1. The first-order valence-corrected chi connectivity index (χ1v) is 11.7. The summed E-state index contributed by atoms with van der Waals surface area (Å²) in [5, 5.41) is 4.33. The van der Waals surface area contributed by atoms with Gasteiger partial charge in [0.2, 0.25) is 11.8 Å². The third-order valence-corrected chi connectivity index (χ3v) is 6.91. The van der Waals surface area contributed by atoms with Crippen LogP contribution in [0, 0.1) is 20.8 Å². The van der Waals surface area contributed by atoms with Crippen molar-refractivity contribution in [1.82, 2.24) is 9.55 Å². The van der Waals surface area contributed by atoms with E-state index in [1.807, 2.05) is 37.5 Å². The number of benzene rings is 1. The molecule has 0 saturated carbocycles. The Bertz CT molecular complexity index is 1370. The number of rotatable bonds is 6. The second-order valence-electron chi connectivity index (χ2n) is 7.70. The molecule has 1 N–H and O–H groups in total. The fourth-order valence-corrected chi connectivity index (χ4v) is 5.04. The summed E-state index contributed by atoms with van der Waals surface area (Å²) < 4.78 is 13.1. The first-order valence-electron chi connectivity index (χ1n) is 10.5. The number of fused-ring (bicyclic) bond motifs is 1. The van der Waals surface area contributed by atoms with Gasteiger partial charge in [-0.15, -0.1) is 11.3 Å². The number of carbonyl (C=O) groups is 2. The maximum absolute atomic E-state index is 13.0. The Morgan fingerprint density at radius 1 is 1.21 bits per heavy atom. The summed E-state index contributed by atoms with van der Waals surface area (Å²) in [7, 11) is 0. The van der Waals surface area contributed by atoms with E-state index in [2.05, 4.69) is 5.32 Å². The standard InChI is InChI=1S/C24H24ClN3O4S/c1-6-31-24(30)21-20(26-15(5)29)19-12(2)14(4)33-23(19)28(21)11-18-13(3)32-22(27-18)16-7-9-17(25)10-8-16/h7-10H,6,11H2,1-5H3,(H,26,29). The van der Waals surface area contributed by atoms with Crippen LogP contribution >= 0.6 is 22.9 Å². The van der Waals surface area contributed by atoms with Crippen LogP contribution in [0.1, 0.15) is 46.2 Å². The Kier molecular flexibility index (Phi) is 6.32. The van der Waals surface area contributed by atoms with E-state index in [1.54, 1.807) is 30.4 Å². The summed E-state index contributed by atoms with van der Waals surface area (Å²) in [5.74, 6) is 0.356. The highest BCUT2D eigenvalue weighted by Gasteiger charge is 2.29. The zero-order valence-electron chi connectivity index (χ0n) is 19.0. The SMILES string of the molecule is CCOC(=O)c1c(NC(C)=O)c2c(C)c(C)sc2n1Cc1nc(-c2ccc(Cl)cc2)oc1C. The van der Waals surface area contributed by atoms with Crippen LogP contribution < -0.4 is 5.32 Å². The summed E-state index contributed by atoms with van der Waals surface area (Å²) in [6.45, 7) is 9.52. The maximum Gasteiger partial charge on any atom is 0.357 e. The molecule has 0 aliphatic carbocycles. The number of nitrogens with zero attached hydrogens (tertiary/aromatic N) is 2. The van der Waals surface area contributed by atoms with E-state index in [1.165, 1.54) is 6.92 Å². The molecule has 0 fully saturated rings. The summed E-state index contributed by atoms with van der Waals surface area (Å²) in [5.41, 5.74) is 3.27. The van der Waals surface area contributed by atoms with E-state index in [4.69, 9.17) is 25.7 Å². The number of anilines is 1. The third kappa shape index (κ3) is 4.28. The zero-order chi connectivity index (χ0) is 23.9. The van der Waals surface area contributed by atoms with Crippen LogP contribution in [-0.2, 0) is 16.1 Å². The van der Waals surface area contributed by atoms with Crippen LogP contribution in [-0.4, -0.2) is 28.0 Å². The lowest BCUT2D eigenvalue weighted by atomic mass is 10.2. The molecular weight excluding hydrogens is 462 g/mol. The second-order valence-corrected chi connectivity index (χ2v) is 9.34. The highest BCUT2D eigenvalue weighted by molar-refractivity contribution is 7.19. The van der Waals surface area contributed by atoms with Gasteiger partial charge in [-0.2, -0.15) is 0 Å². The normalized spacial score (nSPS) is 11.2. The molecule has 0 atom stereocenters. The van der Waals surface area contributed by atoms with Crippen molar-refractivity contribution in [2.75, 3.05) is 11.9 Å². The molecule has 0 aliphatic heterocycles. The molecular formula is C24H24ClN3O4S. The molecule has 4 aromatic rings. The Morgan fingerprint density at radius 3 is 2.55 bits per heavy atom. The molecule has 172 valence electrons. The molecule has 0 radical (unpaired) electrons. The topological polar surface area (TPSA) is 86.4 Å². The van der Waals surface area contributed by atoms with Crippen molar-refractivity contribution in [1.29, 1.82) is 0 Å². The van der Waals surface area contributed by atoms with Gasteiger partial charge in [0, 0.05) is 27.8 Å². The molecule has 3 heterocycles. The van der Waals surface area contributed by atoms with Gasteiger partial charge in [-0.05, 0) is 57.5 Å². The fraction of sp³-hybridized carbons (Fsp3) is 0.292. The molecule has 0 aliphatic rings. The molecule has 0 saturated heterocycles. The van der Waals surface area contributed by atoms with E-state index >= 15 is 0 Å². The van der Waals surface area contributed by atoms with Gasteiger partial charge in [0.05, 0.1) is 18.8 Å². The Hall–Kier alpha value is -3.10. The van der Waals surface area contributed by atoms with Crippen molar-refractivity contribution in [2.24, 2.45) is 0 Å². The van der Waals surface area contributed by atoms with E-state index < -0.39 is 5.97 Å². The second kappa shape index (κ2) is 9.03. The molecule has 0 bridgehead atoms. The van der Waals surface area contributed by atoms with Gasteiger partial charge < -0.3 is 19.0 Å². The van der Waals surface area contributed by atoms with Crippen LogP contribution in [0.3, 0.4) is 0 Å². The van der Waals surface area contributed by atoms with Crippen molar-refractivity contribution in [3.8, 4) is 11.5 Å². The van der Waals surface area contributed by atoms with Crippen LogP contribution in [0.25, 0.3) is 21.7 Å². The number of hydrogen-bond acceptors (Lipinski definition) is 6. The molecule has 33 heavy (non-hydrogen) atoms. The average Bonchev–Trinajstić information content (AvgIpc) is 3.36. The highest BCUT2D eigenvalue weighted by atomic mass is 35.5. The Balaban J connectivity index is 1.87. The smallest absolute Gasteiger partial charge is 0.357 e. The minimum Gasteiger partial charge on any atom is -0.461 e. The van der Waals surface area contributed by atoms with Crippen molar-refractivity contribution in [3.05, 3.63) is 56.9 Å². The Morgan fingerprint density at radius 2 is 1.91 bits per heavy atom. The molecule has 1 amide bonds. The summed E-state index contributed by atoms with van der Waals surface area (Å²) in [6, 6.07) is 7.25. The van der Waals surface area contributed by atoms with E-state index in [0.29, 0.717) is 33.7 Å². The van der Waals surface area contributed by atoms with Gasteiger partial charge >= 0.3 is 5.97 Å². The number of halogens is 1. The van der Waals surface area contributed by atoms with Crippen LogP contribution in [0.15, 0.2) is 28.7 Å². The van der Waals surface area contributed by atoms with Crippen molar-refractivity contribution >= 4 is 50.7 Å². The monoisotopic (exact) mass is 485 g/mol. The van der Waals surface area contributed by atoms with E-state index in [0.717, 1.165) is 26.2 Å². The summed E-state index contributed by atoms with van der Waals surface area (Å²) in [6.07, 6.45) is 0. The minimum absolute atomic E-state index is 0.221. The van der Waals surface area contributed by atoms with E-state index in [-0.39, 0.29) is 19.1 Å². The van der Waals surface area contributed by atoms with Gasteiger partial charge in [-0.1, -0.05) is 11.6 Å². The van der Waals surface area contributed by atoms with Gasteiger partial charge in [-0.25, -0.2) is 9.78 Å². The fourth-order valence-electron chi connectivity index (χ4n) is 3.75. The molecule has 9 heteroatoms. The highest BCUT2D eigenvalue weighted by Crippen LogP contribution is 2.41. The zero-order valence-corrected chi connectivity index (χ0v) is 20.6. The number of nitrogens with one attached hydrogen (secondary N) is 1. The first-order chi connectivity index (χ1) is 15.7. The van der Waals surface area contributed by atoms with Gasteiger partial charge in [0.15, 0.2) is 5.69 Å². The minimum atomic E-state index is -0.499. The van der Waals surface area contributed by atoms with Crippen LogP contribution in [0.5, 0.6) is 0 Å². The van der Waals surface area contributed by atoms with Crippen molar-refractivity contribution in [2.45, 2.75) is 41.2 Å². The van der Waals surface area contributed by atoms with Gasteiger partial charge in [0.25, 0.3) is 0 Å². The van der Waals surface area contributed by atoms with Crippen molar-refractivity contribution in [3.63, 3.8) is 0 Å². The quantitative estimate of drug-likeness (QED) is 0.332. The molecule has 7 nitrogen and oxygen atoms in total. The van der Waals surface area contributed by atoms with E-state index in [9.17, 15) is 9.59 Å². The number of amides is 1. The maximum atomic E-state index is 13.0. The predicted octanol–water partition coefficient (Wildman–Crippen LogP) is 6.12. The van der Waals surface area contributed by atoms with Gasteiger partial charge in [0.1, 0.15) is 16.3 Å². The summed E-state index contributed by atoms with van der Waals surface area (Å²) >= 11 is 7.56. The number of thiophene rings is 1. The molecule has 0 spiro atoms. The average molecular weight is 486 g/mol. The number of aromatic nitrogens is 2. The lowest BCUT2D eigenvalue weighted by Gasteiger charge is -2.11. The number of ether oxygens (including phenoxy) is 1. The predicted molar refractivity (Wildman–Crippen MR) is 130 cm³/mol. The number of esters is 1. The lowest BCUT2D eigenvalue weighted by Crippen LogP contribution is -2.17. The van der Waals surface area contributed by atoms with Gasteiger partial charge in [-0.3, -0.25) is 4.79 Å². The molecule has 1 aromatic carbocycles.